The number of carbonyl (C=O) groups is 1. The fourth-order valence-corrected chi connectivity index (χ4v) is 3.54. The standard InChI is InChI=1S/C18H21N3O4S/c22-18(19-10-4-5-12-25-16-6-2-1-3-7-16)15-8-9-17-20-26(23,24)13-11-21(17)14-15/h1-3,6-9,14H,4-5,10-13H2,(H,19,22). The van der Waals surface area contributed by atoms with E-state index in [4.69, 9.17) is 4.74 Å². The van der Waals surface area contributed by atoms with Gasteiger partial charge in [-0.25, -0.2) is 8.42 Å². The summed E-state index contributed by atoms with van der Waals surface area (Å²) in [6.45, 7) is 1.46. The number of hydrogen-bond donors (Lipinski definition) is 1. The minimum Gasteiger partial charge on any atom is -0.494 e. The first-order chi connectivity index (χ1) is 12.5. The number of rotatable bonds is 7. The van der Waals surface area contributed by atoms with Crippen LogP contribution in [-0.2, 0) is 14.8 Å². The molecule has 0 unspecified atom stereocenters. The third kappa shape index (κ3) is 4.95. The first-order valence-electron chi connectivity index (χ1n) is 8.49. The van der Waals surface area contributed by atoms with Gasteiger partial charge < -0.3 is 15.0 Å². The Kier molecular flexibility index (Phi) is 5.72. The number of nitrogens with one attached hydrogen (secondary N) is 1. The van der Waals surface area contributed by atoms with Gasteiger partial charge in [-0.15, -0.1) is 4.40 Å². The summed E-state index contributed by atoms with van der Waals surface area (Å²) < 4.78 is 32.3. The molecule has 7 nitrogen and oxygen atoms in total. The van der Waals surface area contributed by atoms with Gasteiger partial charge in [-0.3, -0.25) is 4.79 Å². The Balaban J connectivity index is 1.39. The quantitative estimate of drug-likeness (QED) is 0.729. The van der Waals surface area contributed by atoms with Crippen LogP contribution in [0.5, 0.6) is 5.75 Å². The van der Waals surface area contributed by atoms with Crippen molar-refractivity contribution in [2.24, 2.45) is 4.40 Å². The second kappa shape index (κ2) is 8.18. The summed E-state index contributed by atoms with van der Waals surface area (Å²) in [5.74, 6) is 0.968. The van der Waals surface area contributed by atoms with Gasteiger partial charge in [-0.2, -0.15) is 0 Å². The van der Waals surface area contributed by atoms with Crippen molar-refractivity contribution in [2.45, 2.75) is 12.8 Å². The van der Waals surface area contributed by atoms with Crippen LogP contribution < -0.4 is 10.1 Å². The zero-order valence-corrected chi connectivity index (χ0v) is 15.1. The van der Waals surface area contributed by atoms with Crippen LogP contribution in [0.3, 0.4) is 0 Å². The number of nitrogens with zero attached hydrogens (tertiary/aromatic N) is 2. The molecule has 0 saturated heterocycles. The van der Waals surface area contributed by atoms with Crippen LogP contribution in [-0.4, -0.2) is 50.5 Å². The number of amidine groups is 1. The van der Waals surface area contributed by atoms with Crippen molar-refractivity contribution >= 4 is 21.8 Å². The average Bonchev–Trinajstić information content (AvgIpc) is 2.64. The molecule has 0 aliphatic carbocycles. The van der Waals surface area contributed by atoms with E-state index in [-0.39, 0.29) is 11.7 Å². The zero-order chi connectivity index (χ0) is 18.4. The summed E-state index contributed by atoms with van der Waals surface area (Å²) in [4.78, 5) is 13.9. The highest BCUT2D eigenvalue weighted by atomic mass is 32.2. The van der Waals surface area contributed by atoms with Gasteiger partial charge in [0.15, 0.2) is 0 Å². The Labute approximate surface area is 153 Å². The maximum atomic E-state index is 12.2. The topological polar surface area (TPSA) is 88.1 Å². The molecule has 1 aromatic rings. The van der Waals surface area contributed by atoms with E-state index >= 15 is 0 Å². The van der Waals surface area contributed by atoms with E-state index in [1.807, 2.05) is 30.3 Å². The van der Waals surface area contributed by atoms with Crippen molar-refractivity contribution in [2.75, 3.05) is 25.4 Å². The summed E-state index contributed by atoms with van der Waals surface area (Å²) in [7, 11) is -3.38. The summed E-state index contributed by atoms with van der Waals surface area (Å²) in [6, 6.07) is 9.61. The molecule has 1 amide bonds. The van der Waals surface area contributed by atoms with E-state index in [2.05, 4.69) is 9.71 Å². The van der Waals surface area contributed by atoms with Crippen molar-refractivity contribution in [3.63, 3.8) is 0 Å². The van der Waals surface area contributed by atoms with Crippen molar-refractivity contribution in [3.05, 3.63) is 54.3 Å². The lowest BCUT2D eigenvalue weighted by Gasteiger charge is -2.26. The lowest BCUT2D eigenvalue weighted by Crippen LogP contribution is -2.38. The molecular weight excluding hydrogens is 354 g/mol. The van der Waals surface area contributed by atoms with Crippen molar-refractivity contribution in [3.8, 4) is 5.75 Å². The van der Waals surface area contributed by atoms with Crippen LogP contribution in [0.4, 0.5) is 0 Å². The molecule has 2 aliphatic heterocycles. The van der Waals surface area contributed by atoms with E-state index in [0.717, 1.165) is 18.6 Å². The van der Waals surface area contributed by atoms with E-state index in [1.165, 1.54) is 0 Å². The van der Waals surface area contributed by atoms with E-state index < -0.39 is 10.0 Å². The number of unbranched alkanes of at least 4 members (excludes halogenated alkanes) is 1. The van der Waals surface area contributed by atoms with Crippen molar-refractivity contribution in [1.82, 2.24) is 10.2 Å². The van der Waals surface area contributed by atoms with Crippen molar-refractivity contribution in [1.29, 1.82) is 0 Å². The number of carbonyl (C=O) groups excluding carboxylic acids is 1. The van der Waals surface area contributed by atoms with Gasteiger partial charge >= 0.3 is 0 Å². The summed E-state index contributed by atoms with van der Waals surface area (Å²) in [5.41, 5.74) is 0.490. The molecule has 0 bridgehead atoms. The molecular formula is C18H21N3O4S. The van der Waals surface area contributed by atoms with E-state index in [9.17, 15) is 13.2 Å². The summed E-state index contributed by atoms with van der Waals surface area (Å²) in [5, 5.41) is 2.86. The molecule has 1 N–H and O–H groups in total. The molecule has 0 atom stereocenters. The molecule has 0 saturated carbocycles. The second-order valence-corrected chi connectivity index (χ2v) is 7.73. The number of fused-ring (bicyclic) bond motifs is 1. The van der Waals surface area contributed by atoms with Gasteiger partial charge in [0.1, 0.15) is 11.6 Å². The molecule has 26 heavy (non-hydrogen) atoms. The molecule has 1 aromatic carbocycles. The van der Waals surface area contributed by atoms with E-state index in [1.54, 1.807) is 23.3 Å². The number of para-hydroxylation sites is 1. The molecule has 138 valence electrons. The SMILES string of the molecule is O=C(NCCCCOc1ccccc1)C1=CN2CCS(=O)(=O)N=C2C=C1. The maximum absolute atomic E-state index is 12.2. The Bertz CT molecular complexity index is 844. The van der Waals surface area contributed by atoms with Crippen molar-refractivity contribution < 1.29 is 17.9 Å². The van der Waals surface area contributed by atoms with Gasteiger partial charge in [0.25, 0.3) is 15.9 Å². The molecule has 2 aliphatic rings. The third-order valence-corrected chi connectivity index (χ3v) is 5.12. The highest BCUT2D eigenvalue weighted by Crippen LogP contribution is 2.15. The highest BCUT2D eigenvalue weighted by Gasteiger charge is 2.24. The highest BCUT2D eigenvalue weighted by molar-refractivity contribution is 7.90. The minimum absolute atomic E-state index is 0.0445. The molecule has 8 heteroatoms. The lowest BCUT2D eigenvalue weighted by molar-refractivity contribution is -0.117. The Morgan fingerprint density at radius 2 is 2.00 bits per heavy atom. The van der Waals surface area contributed by atoms with E-state index in [0.29, 0.717) is 31.1 Å². The zero-order valence-electron chi connectivity index (χ0n) is 14.3. The number of sulfonamides is 1. The number of ether oxygens (including phenoxy) is 1. The fourth-order valence-electron chi connectivity index (χ4n) is 2.57. The molecule has 0 radical (unpaired) electrons. The number of amides is 1. The normalized spacial score (nSPS) is 17.8. The molecule has 0 fully saturated rings. The monoisotopic (exact) mass is 375 g/mol. The number of hydrogen-bond acceptors (Lipinski definition) is 5. The van der Waals surface area contributed by atoms with Gasteiger partial charge in [-0.05, 0) is 37.1 Å². The Morgan fingerprint density at radius 3 is 2.81 bits per heavy atom. The van der Waals surface area contributed by atoms with Gasteiger partial charge in [0, 0.05) is 19.3 Å². The predicted molar refractivity (Wildman–Crippen MR) is 99.3 cm³/mol. The molecule has 2 heterocycles. The first kappa shape index (κ1) is 18.2. The van der Waals surface area contributed by atoms with Crippen LogP contribution in [0.2, 0.25) is 0 Å². The Morgan fingerprint density at radius 1 is 1.19 bits per heavy atom. The molecule has 3 rings (SSSR count). The lowest BCUT2D eigenvalue weighted by atomic mass is 10.1. The Hall–Kier alpha value is -2.61. The fraction of sp³-hybridized carbons (Fsp3) is 0.333. The maximum Gasteiger partial charge on any atom is 0.256 e. The summed E-state index contributed by atoms with van der Waals surface area (Å²) >= 11 is 0. The van der Waals surface area contributed by atoms with Crippen LogP contribution in [0.25, 0.3) is 0 Å². The average molecular weight is 375 g/mol. The molecule has 0 aromatic heterocycles. The minimum atomic E-state index is -3.38. The van der Waals surface area contributed by atoms with Gasteiger partial charge in [0.2, 0.25) is 0 Å². The van der Waals surface area contributed by atoms with Gasteiger partial charge in [0.05, 0.1) is 17.9 Å². The van der Waals surface area contributed by atoms with Gasteiger partial charge in [-0.1, -0.05) is 18.2 Å². The predicted octanol–water partition coefficient (Wildman–Crippen LogP) is 1.46. The third-order valence-electron chi connectivity index (χ3n) is 3.95. The second-order valence-electron chi connectivity index (χ2n) is 5.97. The molecule has 0 spiro atoms. The summed E-state index contributed by atoms with van der Waals surface area (Å²) in [6.07, 6.45) is 6.43. The van der Waals surface area contributed by atoms with Crippen LogP contribution in [0, 0.1) is 0 Å². The van der Waals surface area contributed by atoms with Crippen LogP contribution in [0.1, 0.15) is 12.8 Å². The van der Waals surface area contributed by atoms with Crippen LogP contribution >= 0.6 is 0 Å². The largest absolute Gasteiger partial charge is 0.494 e. The van der Waals surface area contributed by atoms with Crippen LogP contribution in [0.15, 0.2) is 58.7 Å². The first-order valence-corrected chi connectivity index (χ1v) is 10.1. The number of benzene rings is 1. The smallest absolute Gasteiger partial charge is 0.256 e.